The lowest BCUT2D eigenvalue weighted by atomic mass is 9.48. The number of benzene rings is 2. The van der Waals surface area contributed by atoms with Crippen molar-refractivity contribution in [3.8, 4) is 0 Å². The zero-order chi connectivity index (χ0) is 25.6. The van der Waals surface area contributed by atoms with Crippen molar-refractivity contribution < 1.29 is 9.72 Å². The average Bonchev–Trinajstić information content (AvgIpc) is 2.88. The minimum absolute atomic E-state index is 0.150. The maximum atomic E-state index is 12.8. The summed E-state index contributed by atoms with van der Waals surface area (Å²) in [7, 11) is 0. The highest BCUT2D eigenvalue weighted by Gasteiger charge is 2.53. The second-order valence-electron chi connectivity index (χ2n) is 12.1. The molecule has 37 heavy (non-hydrogen) atoms. The lowest BCUT2D eigenvalue weighted by Crippen LogP contribution is -2.53. The summed E-state index contributed by atoms with van der Waals surface area (Å²) in [6.07, 6.45) is 8.39. The van der Waals surface area contributed by atoms with Crippen LogP contribution in [0.15, 0.2) is 48.5 Å². The predicted molar refractivity (Wildman–Crippen MR) is 146 cm³/mol. The third-order valence-corrected chi connectivity index (χ3v) is 9.75. The Morgan fingerprint density at radius 2 is 1.62 bits per heavy atom. The van der Waals surface area contributed by atoms with E-state index in [0.29, 0.717) is 25.2 Å². The number of rotatable bonds is 7. The van der Waals surface area contributed by atoms with Gasteiger partial charge in [0.15, 0.2) is 0 Å². The van der Waals surface area contributed by atoms with Crippen molar-refractivity contribution in [2.45, 2.75) is 57.9 Å². The van der Waals surface area contributed by atoms with Gasteiger partial charge in [-0.3, -0.25) is 14.9 Å². The van der Waals surface area contributed by atoms with Crippen LogP contribution in [0, 0.1) is 33.3 Å². The molecule has 4 saturated carbocycles. The van der Waals surface area contributed by atoms with Gasteiger partial charge in [0, 0.05) is 44.0 Å². The van der Waals surface area contributed by atoms with Crippen LogP contribution < -0.4 is 10.2 Å². The Kier molecular flexibility index (Phi) is 6.33. The van der Waals surface area contributed by atoms with E-state index in [0.717, 1.165) is 42.1 Å². The van der Waals surface area contributed by atoms with Gasteiger partial charge in [-0.2, -0.15) is 0 Å². The highest BCUT2D eigenvalue weighted by Crippen LogP contribution is 2.61. The van der Waals surface area contributed by atoms with E-state index in [1.807, 2.05) is 47.4 Å². The first-order valence-electron chi connectivity index (χ1n) is 14.0. The van der Waals surface area contributed by atoms with Crippen LogP contribution in [-0.4, -0.2) is 48.0 Å². The molecule has 5 aliphatic rings. The number of amides is 1. The van der Waals surface area contributed by atoms with Crippen LogP contribution in [0.2, 0.25) is 0 Å². The van der Waals surface area contributed by atoms with E-state index in [2.05, 4.69) is 17.1 Å². The Morgan fingerprint density at radius 1 is 1.00 bits per heavy atom. The molecule has 1 N–H and O–H groups in total. The molecule has 4 aliphatic carbocycles. The predicted octanol–water partition coefficient (Wildman–Crippen LogP) is 5.50. The monoisotopic (exact) mass is 502 g/mol. The molecule has 2 aromatic rings. The molecular formula is C30H38N4O3. The molecule has 0 aromatic heterocycles. The van der Waals surface area contributed by atoms with Crippen molar-refractivity contribution in [2.24, 2.45) is 23.2 Å². The van der Waals surface area contributed by atoms with Crippen molar-refractivity contribution >= 4 is 23.0 Å². The summed E-state index contributed by atoms with van der Waals surface area (Å²) in [5.74, 6) is 2.69. The molecule has 7 nitrogen and oxygen atoms in total. The first-order valence-corrected chi connectivity index (χ1v) is 14.0. The number of piperazine rings is 1. The number of nitrogens with zero attached hydrogens (tertiary/aromatic N) is 3. The third kappa shape index (κ3) is 4.80. The average molecular weight is 503 g/mol. The van der Waals surface area contributed by atoms with E-state index in [9.17, 15) is 14.9 Å². The number of anilines is 2. The lowest BCUT2D eigenvalue weighted by Gasteiger charge is -2.59. The standard InChI is InChI=1S/C30H38N4O3/c1-21(30-18-23-13-24(19-30)15-25(14-23)20-30)31-27-17-26(7-8-28(27)34(36)37)32-9-11-33(12-10-32)29(35)16-22-5-3-2-4-6-22/h2-8,17,21,23-25,31H,9-16,18-20H2,1H3/t21-,23?,24?,25?,30?/m0/s1. The molecule has 7 heteroatoms. The summed E-state index contributed by atoms with van der Waals surface area (Å²) in [5, 5.41) is 15.6. The maximum Gasteiger partial charge on any atom is 0.292 e. The van der Waals surface area contributed by atoms with Crippen LogP contribution in [0.1, 0.15) is 51.0 Å². The Morgan fingerprint density at radius 3 is 2.22 bits per heavy atom. The smallest absolute Gasteiger partial charge is 0.292 e. The first kappa shape index (κ1) is 24.3. The van der Waals surface area contributed by atoms with Crippen molar-refractivity contribution in [3.63, 3.8) is 0 Å². The van der Waals surface area contributed by atoms with Gasteiger partial charge < -0.3 is 15.1 Å². The fraction of sp³-hybridized carbons (Fsp3) is 0.567. The van der Waals surface area contributed by atoms with Crippen LogP contribution in [0.5, 0.6) is 0 Å². The van der Waals surface area contributed by atoms with E-state index in [-0.39, 0.29) is 28.0 Å². The van der Waals surface area contributed by atoms with Gasteiger partial charge in [-0.25, -0.2) is 0 Å². The fourth-order valence-electron chi connectivity index (χ4n) is 8.19. The number of carbonyl (C=O) groups is 1. The van der Waals surface area contributed by atoms with Gasteiger partial charge >= 0.3 is 0 Å². The van der Waals surface area contributed by atoms with Crippen LogP contribution in [0.25, 0.3) is 0 Å². The summed E-state index contributed by atoms with van der Waals surface area (Å²) >= 11 is 0. The fourth-order valence-corrected chi connectivity index (χ4v) is 8.19. The Labute approximate surface area is 219 Å². The van der Waals surface area contributed by atoms with Gasteiger partial charge in [-0.15, -0.1) is 0 Å². The largest absolute Gasteiger partial charge is 0.376 e. The molecule has 1 amide bonds. The zero-order valence-corrected chi connectivity index (χ0v) is 21.8. The topological polar surface area (TPSA) is 78.7 Å². The Bertz CT molecular complexity index is 1120. The summed E-state index contributed by atoms with van der Waals surface area (Å²) in [4.78, 5) is 28.6. The van der Waals surface area contributed by atoms with Crippen LogP contribution in [0.4, 0.5) is 17.1 Å². The maximum absolute atomic E-state index is 12.8. The van der Waals surface area contributed by atoms with E-state index in [1.54, 1.807) is 6.07 Å². The van der Waals surface area contributed by atoms with Crippen LogP contribution >= 0.6 is 0 Å². The van der Waals surface area contributed by atoms with Gasteiger partial charge in [0.2, 0.25) is 5.91 Å². The zero-order valence-electron chi connectivity index (χ0n) is 21.8. The van der Waals surface area contributed by atoms with Gasteiger partial charge in [-0.1, -0.05) is 30.3 Å². The van der Waals surface area contributed by atoms with E-state index >= 15 is 0 Å². The summed E-state index contributed by atoms with van der Waals surface area (Å²) in [6, 6.07) is 15.6. The number of carbonyl (C=O) groups excluding carboxylic acids is 1. The quantitative estimate of drug-likeness (QED) is 0.399. The second-order valence-corrected chi connectivity index (χ2v) is 12.1. The van der Waals surface area contributed by atoms with Crippen LogP contribution in [0.3, 0.4) is 0 Å². The van der Waals surface area contributed by atoms with Crippen molar-refractivity contribution in [1.82, 2.24) is 4.90 Å². The molecule has 196 valence electrons. The summed E-state index contributed by atoms with van der Waals surface area (Å²) < 4.78 is 0. The minimum atomic E-state index is -0.265. The molecule has 1 saturated heterocycles. The Balaban J connectivity index is 1.14. The van der Waals surface area contributed by atoms with Gasteiger partial charge in [0.25, 0.3) is 5.69 Å². The molecule has 5 fully saturated rings. The number of hydrogen-bond donors (Lipinski definition) is 1. The molecule has 4 bridgehead atoms. The normalized spacial score (nSPS) is 29.3. The van der Waals surface area contributed by atoms with E-state index < -0.39 is 0 Å². The molecule has 2 aromatic carbocycles. The summed E-state index contributed by atoms with van der Waals surface area (Å²) in [6.45, 7) is 5.02. The van der Waals surface area contributed by atoms with Crippen LogP contribution in [-0.2, 0) is 11.2 Å². The molecular weight excluding hydrogens is 464 g/mol. The van der Waals surface area contributed by atoms with Gasteiger partial charge in [0.05, 0.1) is 11.3 Å². The Hall–Kier alpha value is -3.09. The number of nitrogens with one attached hydrogen (secondary N) is 1. The number of nitro groups is 1. The van der Waals surface area contributed by atoms with Crippen molar-refractivity contribution in [3.05, 3.63) is 64.2 Å². The molecule has 7 rings (SSSR count). The third-order valence-electron chi connectivity index (χ3n) is 9.75. The van der Waals surface area contributed by atoms with E-state index in [4.69, 9.17) is 0 Å². The number of nitro benzene ring substituents is 1. The molecule has 0 spiro atoms. The summed E-state index contributed by atoms with van der Waals surface area (Å²) in [5.41, 5.74) is 3.07. The molecule has 0 radical (unpaired) electrons. The SMILES string of the molecule is C[C@H](Nc1cc(N2CCN(C(=O)Cc3ccccc3)CC2)ccc1[N+](=O)[O-])C12CC3CC(CC(C3)C1)C2. The van der Waals surface area contributed by atoms with Crippen molar-refractivity contribution in [1.29, 1.82) is 0 Å². The second kappa shape index (κ2) is 9.66. The highest BCUT2D eigenvalue weighted by atomic mass is 16.6. The molecule has 1 atom stereocenters. The molecule has 0 unspecified atom stereocenters. The van der Waals surface area contributed by atoms with E-state index in [1.165, 1.54) is 38.5 Å². The van der Waals surface area contributed by atoms with Gasteiger partial charge in [0.1, 0.15) is 5.69 Å². The lowest BCUT2D eigenvalue weighted by molar-refractivity contribution is -0.384. The van der Waals surface area contributed by atoms with Gasteiger partial charge in [-0.05, 0) is 86.3 Å². The highest BCUT2D eigenvalue weighted by molar-refractivity contribution is 5.79. The molecule has 1 aliphatic heterocycles. The number of hydrogen-bond acceptors (Lipinski definition) is 5. The molecule has 1 heterocycles. The van der Waals surface area contributed by atoms with Crippen molar-refractivity contribution in [2.75, 3.05) is 36.4 Å². The minimum Gasteiger partial charge on any atom is -0.376 e. The first-order chi connectivity index (χ1) is 17.9.